The Labute approximate surface area is 273 Å². The number of likely N-dealkylation sites (N-methyl/N-ethyl adjacent to an activating group) is 1. The lowest BCUT2D eigenvalue weighted by atomic mass is 9.86. The number of imidazole rings is 1. The molecule has 46 heavy (non-hydrogen) atoms. The molecule has 0 radical (unpaired) electrons. The predicted octanol–water partition coefficient (Wildman–Crippen LogP) is 6.98. The second-order valence-electron chi connectivity index (χ2n) is 11.7. The summed E-state index contributed by atoms with van der Waals surface area (Å²) in [5.41, 5.74) is 3.58. The normalized spacial score (nSPS) is 14.3. The first kappa shape index (κ1) is 31.4. The first-order valence-electron chi connectivity index (χ1n) is 15.7. The maximum Gasteiger partial charge on any atom is 0.410 e. The van der Waals surface area contributed by atoms with Gasteiger partial charge in [0.25, 0.3) is 5.91 Å². The van der Waals surface area contributed by atoms with Crippen LogP contribution in [0.3, 0.4) is 0 Å². The number of amides is 2. The molecule has 10 heteroatoms. The number of nitrogens with one attached hydrogen (secondary N) is 1. The Morgan fingerprint density at radius 1 is 1.04 bits per heavy atom. The highest BCUT2D eigenvalue weighted by Crippen LogP contribution is 2.41. The van der Waals surface area contributed by atoms with Crippen LogP contribution in [0.4, 0.5) is 4.79 Å². The SMILES string of the molecule is COCCN(C)C(=O)c1sc(C(CC2CCN(C(=O)OCc3ccccc3)CC2)c2cnc[nH]2)nc1-c1cccc2ccccc12. The summed E-state index contributed by atoms with van der Waals surface area (Å²) in [5, 5.41) is 3.03. The minimum Gasteiger partial charge on any atom is -0.445 e. The van der Waals surface area contributed by atoms with E-state index < -0.39 is 0 Å². The molecule has 1 fully saturated rings. The molecule has 3 aromatic carbocycles. The number of aromatic nitrogens is 3. The fourth-order valence-corrected chi connectivity index (χ4v) is 7.27. The molecule has 5 aromatic rings. The second kappa shape index (κ2) is 14.7. The minimum atomic E-state index is -0.271. The predicted molar refractivity (Wildman–Crippen MR) is 180 cm³/mol. The molecule has 2 aromatic heterocycles. The lowest BCUT2D eigenvalue weighted by Gasteiger charge is -2.32. The van der Waals surface area contributed by atoms with Crippen LogP contribution < -0.4 is 0 Å². The summed E-state index contributed by atoms with van der Waals surface area (Å²) in [6, 6.07) is 24.1. The Morgan fingerprint density at radius 2 is 1.80 bits per heavy atom. The zero-order valence-corrected chi connectivity index (χ0v) is 27.0. The van der Waals surface area contributed by atoms with Gasteiger partial charge in [0.15, 0.2) is 0 Å². The standard InChI is InChI=1S/C36H39N5O4S/c1-40(19-20-44-2)35(42)33-32(29-14-8-12-27-11-6-7-13-28(27)29)39-34(46-33)30(31-22-37-24-38-31)21-25-15-17-41(18-16-25)36(43)45-23-26-9-4-3-5-10-26/h3-14,22,24-25,30H,15-21,23H2,1-2H3,(H,37,38). The van der Waals surface area contributed by atoms with Gasteiger partial charge in [-0.15, -0.1) is 11.3 Å². The zero-order chi connectivity index (χ0) is 31.9. The van der Waals surface area contributed by atoms with E-state index in [0.29, 0.717) is 42.7 Å². The van der Waals surface area contributed by atoms with Gasteiger partial charge in [0.2, 0.25) is 0 Å². The van der Waals surface area contributed by atoms with Crippen molar-refractivity contribution in [2.75, 3.05) is 40.4 Å². The number of ether oxygens (including phenoxy) is 2. The van der Waals surface area contributed by atoms with Crippen LogP contribution in [0, 0.1) is 5.92 Å². The third kappa shape index (κ3) is 7.13. The summed E-state index contributed by atoms with van der Waals surface area (Å²) in [4.78, 5) is 43.7. The molecule has 6 rings (SSSR count). The molecular formula is C36H39N5O4S. The van der Waals surface area contributed by atoms with Crippen molar-refractivity contribution in [3.8, 4) is 11.3 Å². The number of rotatable bonds is 11. The van der Waals surface area contributed by atoms with E-state index >= 15 is 0 Å². The second-order valence-corrected chi connectivity index (χ2v) is 12.8. The molecule has 2 amide bonds. The zero-order valence-electron chi connectivity index (χ0n) is 26.2. The van der Waals surface area contributed by atoms with Crippen molar-refractivity contribution in [1.82, 2.24) is 24.8 Å². The highest BCUT2D eigenvalue weighted by Gasteiger charge is 2.32. The van der Waals surface area contributed by atoms with Crippen molar-refractivity contribution in [3.05, 3.63) is 106 Å². The number of aromatic amines is 1. The van der Waals surface area contributed by atoms with Crippen LogP contribution in [-0.2, 0) is 16.1 Å². The number of piperidine rings is 1. The summed E-state index contributed by atoms with van der Waals surface area (Å²) in [6.45, 7) is 2.48. The third-order valence-electron chi connectivity index (χ3n) is 8.70. The highest BCUT2D eigenvalue weighted by molar-refractivity contribution is 7.14. The number of carbonyl (C=O) groups is 2. The number of fused-ring (bicyclic) bond motifs is 1. The van der Waals surface area contributed by atoms with E-state index in [1.807, 2.05) is 60.8 Å². The summed E-state index contributed by atoms with van der Waals surface area (Å²) >= 11 is 1.46. The molecule has 1 N–H and O–H groups in total. The number of thiazole rings is 1. The van der Waals surface area contributed by atoms with Crippen LogP contribution in [-0.4, -0.2) is 77.2 Å². The molecule has 1 aliphatic rings. The minimum absolute atomic E-state index is 0.0746. The number of H-pyrrole nitrogens is 1. The lowest BCUT2D eigenvalue weighted by Crippen LogP contribution is -2.39. The average Bonchev–Trinajstić information content (AvgIpc) is 3.80. The molecule has 1 atom stereocenters. The topological polar surface area (TPSA) is 101 Å². The summed E-state index contributed by atoms with van der Waals surface area (Å²) in [5.74, 6) is 0.211. The fraction of sp³-hybridized carbons (Fsp3) is 0.333. The smallest absolute Gasteiger partial charge is 0.410 e. The molecule has 0 spiro atoms. The van der Waals surface area contributed by atoms with Crippen LogP contribution in [0.5, 0.6) is 0 Å². The maximum atomic E-state index is 13.9. The first-order valence-corrected chi connectivity index (χ1v) is 16.5. The largest absolute Gasteiger partial charge is 0.445 e. The van der Waals surface area contributed by atoms with Gasteiger partial charge < -0.3 is 24.3 Å². The number of hydrogen-bond donors (Lipinski definition) is 1. The number of nitrogens with zero attached hydrogens (tertiary/aromatic N) is 4. The molecule has 238 valence electrons. The van der Waals surface area contributed by atoms with Crippen LogP contribution in [0.15, 0.2) is 85.3 Å². The number of likely N-dealkylation sites (tertiary alicyclic amines) is 1. The molecular weight excluding hydrogens is 598 g/mol. The average molecular weight is 638 g/mol. The molecule has 0 aliphatic carbocycles. The van der Waals surface area contributed by atoms with E-state index in [2.05, 4.69) is 28.2 Å². The van der Waals surface area contributed by atoms with Gasteiger partial charge in [-0.25, -0.2) is 14.8 Å². The van der Waals surface area contributed by atoms with Gasteiger partial charge in [-0.1, -0.05) is 72.8 Å². The Balaban J connectivity index is 1.25. The number of benzene rings is 3. The molecule has 0 saturated carbocycles. The maximum absolute atomic E-state index is 13.9. The number of carbonyl (C=O) groups excluding carboxylic acids is 2. The van der Waals surface area contributed by atoms with Crippen molar-refractivity contribution in [2.45, 2.75) is 31.8 Å². The fourth-order valence-electron chi connectivity index (χ4n) is 6.06. The molecule has 9 nitrogen and oxygen atoms in total. The van der Waals surface area contributed by atoms with Crippen molar-refractivity contribution in [2.24, 2.45) is 5.92 Å². The van der Waals surface area contributed by atoms with Gasteiger partial charge >= 0.3 is 6.09 Å². The quantitative estimate of drug-likeness (QED) is 0.168. The van der Waals surface area contributed by atoms with E-state index in [9.17, 15) is 9.59 Å². The summed E-state index contributed by atoms with van der Waals surface area (Å²) < 4.78 is 10.8. The number of hydrogen-bond acceptors (Lipinski definition) is 7. The van der Waals surface area contributed by atoms with Crippen molar-refractivity contribution < 1.29 is 19.1 Å². The van der Waals surface area contributed by atoms with Crippen molar-refractivity contribution in [1.29, 1.82) is 0 Å². The van der Waals surface area contributed by atoms with Gasteiger partial charge in [-0.05, 0) is 41.5 Å². The molecule has 1 saturated heterocycles. The van der Waals surface area contributed by atoms with E-state index in [1.54, 1.807) is 30.3 Å². The van der Waals surface area contributed by atoms with E-state index in [0.717, 1.165) is 51.9 Å². The monoisotopic (exact) mass is 637 g/mol. The molecule has 1 aliphatic heterocycles. The molecule has 1 unspecified atom stereocenters. The number of methoxy groups -OCH3 is 1. The molecule has 0 bridgehead atoms. The van der Waals surface area contributed by atoms with Crippen LogP contribution in [0.1, 0.15) is 51.1 Å². The lowest BCUT2D eigenvalue weighted by molar-refractivity contribution is 0.0749. The van der Waals surface area contributed by atoms with Gasteiger partial charge in [-0.3, -0.25) is 4.79 Å². The Bertz CT molecular complexity index is 1740. The highest BCUT2D eigenvalue weighted by atomic mass is 32.1. The van der Waals surface area contributed by atoms with Gasteiger partial charge in [-0.2, -0.15) is 0 Å². The van der Waals surface area contributed by atoms with Crippen LogP contribution >= 0.6 is 11.3 Å². The van der Waals surface area contributed by atoms with Gasteiger partial charge in [0, 0.05) is 51.2 Å². The van der Waals surface area contributed by atoms with Crippen molar-refractivity contribution >= 4 is 34.1 Å². The summed E-state index contributed by atoms with van der Waals surface area (Å²) in [7, 11) is 3.44. The van der Waals surface area contributed by atoms with E-state index in [4.69, 9.17) is 14.5 Å². The van der Waals surface area contributed by atoms with E-state index in [1.165, 1.54) is 11.3 Å². The Kier molecular flexibility index (Phi) is 10.0. The molecule has 3 heterocycles. The summed E-state index contributed by atoms with van der Waals surface area (Å²) in [6.07, 6.45) is 5.82. The van der Waals surface area contributed by atoms with Gasteiger partial charge in [0.05, 0.1) is 24.5 Å². The first-order chi connectivity index (χ1) is 22.5. The van der Waals surface area contributed by atoms with Crippen LogP contribution in [0.25, 0.3) is 22.0 Å². The van der Waals surface area contributed by atoms with Crippen LogP contribution in [0.2, 0.25) is 0 Å². The third-order valence-corrected chi connectivity index (χ3v) is 9.86. The van der Waals surface area contributed by atoms with Gasteiger partial charge in [0.1, 0.15) is 16.5 Å². The van der Waals surface area contributed by atoms with E-state index in [-0.39, 0.29) is 24.5 Å². The van der Waals surface area contributed by atoms with Crippen molar-refractivity contribution in [3.63, 3.8) is 0 Å². The Hall–Kier alpha value is -4.54. The Morgan fingerprint density at radius 3 is 2.57 bits per heavy atom.